The Morgan fingerprint density at radius 3 is 2.47 bits per heavy atom. The monoisotopic (exact) mass is 260 g/mol. The number of aryl methyl sites for hydroxylation is 1. The molecule has 0 radical (unpaired) electrons. The first kappa shape index (κ1) is 14.1. The number of amides is 1. The summed E-state index contributed by atoms with van der Waals surface area (Å²) < 4.78 is 0. The van der Waals surface area contributed by atoms with Gasteiger partial charge in [-0.05, 0) is 31.2 Å². The van der Waals surface area contributed by atoms with E-state index in [9.17, 15) is 4.79 Å². The second-order valence-corrected chi connectivity index (χ2v) is 5.56. The van der Waals surface area contributed by atoms with Crippen LogP contribution in [0.5, 0.6) is 0 Å². The molecule has 2 atom stereocenters. The van der Waals surface area contributed by atoms with Crippen LogP contribution in [0.2, 0.25) is 0 Å². The summed E-state index contributed by atoms with van der Waals surface area (Å²) in [6.07, 6.45) is 2.02. The second-order valence-electron chi connectivity index (χ2n) is 5.56. The minimum atomic E-state index is -0.0208. The number of carbonyl (C=O) groups excluding carboxylic acids is 1. The van der Waals surface area contributed by atoms with Gasteiger partial charge in [-0.2, -0.15) is 0 Å². The number of nitrogens with zero attached hydrogens (tertiary/aromatic N) is 1. The van der Waals surface area contributed by atoms with Crippen LogP contribution < -0.4 is 5.32 Å². The van der Waals surface area contributed by atoms with Crippen molar-refractivity contribution in [1.82, 2.24) is 10.2 Å². The van der Waals surface area contributed by atoms with E-state index in [1.807, 2.05) is 11.0 Å². The minimum absolute atomic E-state index is 0.0208. The van der Waals surface area contributed by atoms with Gasteiger partial charge >= 0.3 is 0 Å². The summed E-state index contributed by atoms with van der Waals surface area (Å²) in [4.78, 5) is 14.3. The summed E-state index contributed by atoms with van der Waals surface area (Å²) in [5, 5.41) is 3.49. The molecule has 0 bridgehead atoms. The molecule has 1 aromatic carbocycles. The Morgan fingerprint density at radius 2 is 1.95 bits per heavy atom. The molecule has 1 saturated heterocycles. The third kappa shape index (κ3) is 3.16. The molecule has 2 unspecified atom stereocenters. The van der Waals surface area contributed by atoms with Crippen molar-refractivity contribution in [2.45, 2.75) is 45.8 Å². The molecular formula is C16H24N2O. The highest BCUT2D eigenvalue weighted by molar-refractivity contribution is 5.84. The van der Waals surface area contributed by atoms with Gasteiger partial charge in [0.05, 0.1) is 12.2 Å². The third-order valence-electron chi connectivity index (χ3n) is 3.83. The molecular weight excluding hydrogens is 236 g/mol. The van der Waals surface area contributed by atoms with Gasteiger partial charge in [0.15, 0.2) is 0 Å². The Kier molecular flexibility index (Phi) is 4.59. The number of benzene rings is 1. The van der Waals surface area contributed by atoms with Crippen LogP contribution in [0.25, 0.3) is 0 Å². The maximum atomic E-state index is 12.3. The van der Waals surface area contributed by atoms with Gasteiger partial charge in [0.2, 0.25) is 5.91 Å². The van der Waals surface area contributed by atoms with Crippen LogP contribution >= 0.6 is 0 Å². The fraction of sp³-hybridized carbons (Fsp3) is 0.562. The average molecular weight is 260 g/mol. The number of likely N-dealkylation sites (N-methyl/N-ethyl adjacent to an activating group) is 1. The van der Waals surface area contributed by atoms with Gasteiger partial charge in [-0.3, -0.25) is 10.1 Å². The number of hydrogen-bond acceptors (Lipinski definition) is 2. The fourth-order valence-corrected chi connectivity index (χ4v) is 2.77. The molecule has 1 amide bonds. The molecule has 0 aromatic heterocycles. The average Bonchev–Trinajstić information content (AvgIpc) is 2.74. The van der Waals surface area contributed by atoms with E-state index in [1.54, 1.807) is 0 Å². The molecule has 19 heavy (non-hydrogen) atoms. The van der Waals surface area contributed by atoms with Crippen molar-refractivity contribution < 1.29 is 4.79 Å². The summed E-state index contributed by atoms with van der Waals surface area (Å²) in [7, 11) is 0. The lowest BCUT2D eigenvalue weighted by atomic mass is 10.1. The van der Waals surface area contributed by atoms with E-state index in [0.29, 0.717) is 5.92 Å². The summed E-state index contributed by atoms with van der Waals surface area (Å²) in [6.45, 7) is 7.16. The standard InChI is InChI=1S/C16H24N2O/c1-4-18-15(12(2)3)17-14(16(18)19)11-10-13-8-6-5-7-9-13/h5-9,12,14-15,17H,4,10-11H2,1-3H3. The normalized spacial score (nSPS) is 23.4. The second kappa shape index (κ2) is 6.20. The summed E-state index contributed by atoms with van der Waals surface area (Å²) in [5.41, 5.74) is 1.30. The van der Waals surface area contributed by atoms with Crippen molar-refractivity contribution in [2.75, 3.05) is 6.54 Å². The lowest BCUT2D eigenvalue weighted by Gasteiger charge is -2.25. The van der Waals surface area contributed by atoms with Crippen LogP contribution in [0.15, 0.2) is 30.3 Å². The van der Waals surface area contributed by atoms with Gasteiger partial charge in [-0.1, -0.05) is 44.2 Å². The Balaban J connectivity index is 1.96. The van der Waals surface area contributed by atoms with Crippen LogP contribution in [0.4, 0.5) is 0 Å². The molecule has 1 heterocycles. The smallest absolute Gasteiger partial charge is 0.241 e. The Hall–Kier alpha value is -1.35. The van der Waals surface area contributed by atoms with Crippen molar-refractivity contribution in [2.24, 2.45) is 5.92 Å². The molecule has 104 valence electrons. The van der Waals surface area contributed by atoms with E-state index in [4.69, 9.17) is 0 Å². The minimum Gasteiger partial charge on any atom is -0.326 e. The fourth-order valence-electron chi connectivity index (χ4n) is 2.77. The lowest BCUT2D eigenvalue weighted by molar-refractivity contribution is -0.130. The van der Waals surface area contributed by atoms with E-state index >= 15 is 0 Å². The molecule has 3 heteroatoms. The zero-order valence-electron chi connectivity index (χ0n) is 12.1. The molecule has 0 aliphatic carbocycles. The van der Waals surface area contributed by atoms with Gasteiger partial charge in [0, 0.05) is 6.54 Å². The van der Waals surface area contributed by atoms with Gasteiger partial charge in [-0.15, -0.1) is 0 Å². The molecule has 1 aliphatic rings. The number of hydrogen-bond donors (Lipinski definition) is 1. The van der Waals surface area contributed by atoms with Crippen molar-refractivity contribution in [3.05, 3.63) is 35.9 Å². The van der Waals surface area contributed by atoms with E-state index in [2.05, 4.69) is 50.4 Å². The summed E-state index contributed by atoms with van der Waals surface area (Å²) >= 11 is 0. The SMILES string of the molecule is CCN1C(=O)C(CCc2ccccc2)NC1C(C)C. The van der Waals surface area contributed by atoms with Crippen LogP contribution in [0.1, 0.15) is 32.8 Å². The van der Waals surface area contributed by atoms with E-state index in [-0.39, 0.29) is 18.1 Å². The largest absolute Gasteiger partial charge is 0.326 e. The van der Waals surface area contributed by atoms with Gasteiger partial charge in [0.25, 0.3) is 0 Å². The predicted octanol–water partition coefficient (Wildman–Crippen LogP) is 2.42. The van der Waals surface area contributed by atoms with Crippen molar-refractivity contribution in [3.8, 4) is 0 Å². The van der Waals surface area contributed by atoms with Crippen LogP contribution in [0.3, 0.4) is 0 Å². The van der Waals surface area contributed by atoms with Gasteiger partial charge in [0.1, 0.15) is 0 Å². The topological polar surface area (TPSA) is 32.3 Å². The highest BCUT2D eigenvalue weighted by Crippen LogP contribution is 2.20. The van der Waals surface area contributed by atoms with Crippen molar-refractivity contribution in [3.63, 3.8) is 0 Å². The van der Waals surface area contributed by atoms with Crippen LogP contribution in [-0.4, -0.2) is 29.6 Å². The quantitative estimate of drug-likeness (QED) is 0.882. The third-order valence-corrected chi connectivity index (χ3v) is 3.83. The van der Waals surface area contributed by atoms with Crippen LogP contribution in [0, 0.1) is 5.92 Å². The summed E-state index contributed by atoms with van der Waals surface area (Å²) in [5.74, 6) is 0.711. The highest BCUT2D eigenvalue weighted by atomic mass is 16.2. The molecule has 1 fully saturated rings. The first-order chi connectivity index (χ1) is 9.13. The number of carbonyl (C=O) groups is 1. The van der Waals surface area contributed by atoms with E-state index in [1.165, 1.54) is 5.56 Å². The molecule has 2 rings (SSSR count). The van der Waals surface area contributed by atoms with Crippen molar-refractivity contribution in [1.29, 1.82) is 0 Å². The Morgan fingerprint density at radius 1 is 1.26 bits per heavy atom. The Bertz CT molecular complexity index is 416. The predicted molar refractivity (Wildman–Crippen MR) is 77.7 cm³/mol. The molecule has 3 nitrogen and oxygen atoms in total. The van der Waals surface area contributed by atoms with Crippen LogP contribution in [-0.2, 0) is 11.2 Å². The zero-order valence-corrected chi connectivity index (χ0v) is 12.1. The Labute approximate surface area is 116 Å². The maximum Gasteiger partial charge on any atom is 0.241 e. The lowest BCUT2D eigenvalue weighted by Crippen LogP contribution is -2.41. The highest BCUT2D eigenvalue weighted by Gasteiger charge is 2.38. The molecule has 0 spiro atoms. The number of nitrogens with one attached hydrogen (secondary N) is 1. The first-order valence-electron chi connectivity index (χ1n) is 7.24. The molecule has 1 N–H and O–H groups in total. The van der Waals surface area contributed by atoms with E-state index < -0.39 is 0 Å². The van der Waals surface area contributed by atoms with Crippen molar-refractivity contribution >= 4 is 5.91 Å². The molecule has 1 aliphatic heterocycles. The number of rotatable bonds is 5. The molecule has 0 saturated carbocycles. The summed E-state index contributed by atoms with van der Waals surface area (Å²) in [6, 6.07) is 10.3. The van der Waals surface area contributed by atoms with Gasteiger partial charge < -0.3 is 4.90 Å². The van der Waals surface area contributed by atoms with Gasteiger partial charge in [-0.25, -0.2) is 0 Å². The maximum absolute atomic E-state index is 12.3. The molecule has 1 aromatic rings. The first-order valence-corrected chi connectivity index (χ1v) is 7.24. The zero-order chi connectivity index (χ0) is 13.8. The van der Waals surface area contributed by atoms with E-state index in [0.717, 1.165) is 19.4 Å².